The lowest BCUT2D eigenvalue weighted by Gasteiger charge is -2.34. The van der Waals surface area contributed by atoms with Crippen LogP contribution in [0.25, 0.3) is 11.1 Å². The molecule has 1 N–H and O–H groups in total. The van der Waals surface area contributed by atoms with Crippen LogP contribution in [0.5, 0.6) is 0 Å². The Morgan fingerprint density at radius 3 is 2.79 bits per heavy atom. The molecule has 0 spiro atoms. The number of aromatic nitrogens is 2. The summed E-state index contributed by atoms with van der Waals surface area (Å²) in [6.07, 6.45) is 1.55. The topological polar surface area (TPSA) is 80.5 Å². The molecule has 0 radical (unpaired) electrons. The van der Waals surface area contributed by atoms with Gasteiger partial charge in [0.2, 0.25) is 5.91 Å². The monoisotopic (exact) mass is 420 g/mol. The van der Waals surface area contributed by atoms with Crippen LogP contribution < -0.4 is 5.32 Å². The van der Waals surface area contributed by atoms with Gasteiger partial charge in [0.15, 0.2) is 0 Å². The molecule has 4 rings (SSSR count). The molecule has 1 aromatic carbocycles. The van der Waals surface area contributed by atoms with E-state index in [1.54, 1.807) is 30.5 Å². The highest BCUT2D eigenvalue weighted by atomic mass is 35.5. The highest BCUT2D eigenvalue weighted by molar-refractivity contribution is 6.35. The van der Waals surface area contributed by atoms with Crippen LogP contribution in [0.3, 0.4) is 0 Å². The van der Waals surface area contributed by atoms with Crippen LogP contribution in [0, 0.1) is 6.92 Å². The molecule has 1 aliphatic heterocycles. The van der Waals surface area contributed by atoms with Gasteiger partial charge in [-0.2, -0.15) is 0 Å². The van der Waals surface area contributed by atoms with Crippen LogP contribution in [0.2, 0.25) is 10.0 Å². The van der Waals surface area contributed by atoms with Gasteiger partial charge in [0.1, 0.15) is 6.04 Å². The summed E-state index contributed by atoms with van der Waals surface area (Å²) in [7, 11) is 0. The van der Waals surface area contributed by atoms with Gasteiger partial charge in [-0.15, -0.1) is 0 Å². The highest BCUT2D eigenvalue weighted by Gasteiger charge is 2.31. The molecule has 1 atom stereocenters. The third-order valence-electron chi connectivity index (χ3n) is 4.69. The number of carbonyl (C=O) groups excluding carboxylic acids is 1. The van der Waals surface area contributed by atoms with Crippen molar-refractivity contribution in [2.45, 2.75) is 13.0 Å². The third kappa shape index (κ3) is 3.84. The smallest absolute Gasteiger partial charge is 0.258 e. The Morgan fingerprint density at radius 2 is 2.04 bits per heavy atom. The molecule has 7 nitrogen and oxygen atoms in total. The van der Waals surface area contributed by atoms with Gasteiger partial charge in [0.25, 0.3) is 5.71 Å². The first kappa shape index (κ1) is 19.1. The molecular weight excluding hydrogens is 403 g/mol. The second-order valence-electron chi connectivity index (χ2n) is 6.55. The predicted octanol–water partition coefficient (Wildman–Crippen LogP) is 3.85. The molecule has 1 fully saturated rings. The molecule has 3 heterocycles. The molecule has 0 bridgehead atoms. The number of halogens is 2. The molecule has 9 heteroatoms. The van der Waals surface area contributed by atoms with E-state index in [1.807, 2.05) is 11.8 Å². The van der Waals surface area contributed by atoms with Gasteiger partial charge in [-0.3, -0.25) is 9.69 Å². The number of rotatable bonds is 4. The maximum absolute atomic E-state index is 13.3. The molecular formula is C19H18Cl2N4O3. The normalized spacial score (nSPS) is 16.2. The van der Waals surface area contributed by atoms with Crippen molar-refractivity contribution in [3.05, 3.63) is 51.8 Å². The molecule has 1 aliphatic rings. The van der Waals surface area contributed by atoms with E-state index in [0.717, 1.165) is 5.39 Å². The number of anilines is 1. The van der Waals surface area contributed by atoms with Crippen LogP contribution in [-0.2, 0) is 9.53 Å². The molecule has 0 saturated carbocycles. The quantitative estimate of drug-likeness (QED) is 0.690. The minimum atomic E-state index is -0.576. The second-order valence-corrected chi connectivity index (χ2v) is 7.39. The summed E-state index contributed by atoms with van der Waals surface area (Å²) < 4.78 is 10.6. The minimum Gasteiger partial charge on any atom is -0.379 e. The highest BCUT2D eigenvalue weighted by Crippen LogP contribution is 2.32. The summed E-state index contributed by atoms with van der Waals surface area (Å²) in [6, 6.07) is 6.39. The Hall–Kier alpha value is -2.19. The van der Waals surface area contributed by atoms with Gasteiger partial charge in [-0.25, -0.2) is 4.98 Å². The van der Waals surface area contributed by atoms with Gasteiger partial charge >= 0.3 is 0 Å². The summed E-state index contributed by atoms with van der Waals surface area (Å²) in [5.41, 5.74) is 2.40. The van der Waals surface area contributed by atoms with E-state index in [4.69, 9.17) is 32.5 Å². The van der Waals surface area contributed by atoms with Gasteiger partial charge < -0.3 is 14.6 Å². The average Bonchev–Trinajstić information content (AvgIpc) is 3.05. The first-order valence-corrected chi connectivity index (χ1v) is 9.58. The number of fused-ring (bicyclic) bond motifs is 1. The van der Waals surface area contributed by atoms with Crippen LogP contribution in [0.15, 0.2) is 35.0 Å². The summed E-state index contributed by atoms with van der Waals surface area (Å²) in [4.78, 5) is 19.5. The standard InChI is InChI=1S/C19H18Cl2N4O3/c1-11-15-9-13(10-22-19(15)28-24-11)23-18(26)17(25-4-6-27-7-5-25)14-3-2-12(20)8-16(14)21/h2-3,8-10,17H,4-7H2,1H3,(H,23,26). The van der Waals surface area contributed by atoms with Gasteiger partial charge in [0, 0.05) is 23.1 Å². The van der Waals surface area contributed by atoms with E-state index in [2.05, 4.69) is 15.5 Å². The van der Waals surface area contributed by atoms with Gasteiger partial charge in [-0.1, -0.05) is 34.4 Å². The van der Waals surface area contributed by atoms with E-state index in [1.165, 1.54) is 0 Å². The zero-order valence-electron chi connectivity index (χ0n) is 15.1. The minimum absolute atomic E-state index is 0.207. The van der Waals surface area contributed by atoms with E-state index < -0.39 is 6.04 Å². The number of nitrogens with zero attached hydrogens (tertiary/aromatic N) is 3. The zero-order chi connectivity index (χ0) is 19.7. The van der Waals surface area contributed by atoms with Crippen molar-refractivity contribution < 1.29 is 14.1 Å². The van der Waals surface area contributed by atoms with Gasteiger partial charge in [-0.05, 0) is 30.7 Å². The van der Waals surface area contributed by atoms with Crippen molar-refractivity contribution in [2.24, 2.45) is 0 Å². The van der Waals surface area contributed by atoms with Crippen molar-refractivity contribution >= 4 is 45.9 Å². The molecule has 146 valence electrons. The Labute approximate surface area is 171 Å². The van der Waals surface area contributed by atoms with Crippen molar-refractivity contribution in [3.63, 3.8) is 0 Å². The second kappa shape index (κ2) is 8.05. The lowest BCUT2D eigenvalue weighted by Crippen LogP contribution is -2.44. The Bertz CT molecular complexity index is 1020. The average molecular weight is 421 g/mol. The fraction of sp³-hybridized carbons (Fsp3) is 0.316. The lowest BCUT2D eigenvalue weighted by atomic mass is 10.0. The number of ether oxygens (including phenoxy) is 1. The van der Waals surface area contributed by atoms with Crippen LogP contribution in [-0.4, -0.2) is 47.3 Å². The number of pyridine rings is 1. The Kier molecular flexibility index (Phi) is 5.50. The summed E-state index contributed by atoms with van der Waals surface area (Å²) in [5, 5.41) is 8.56. The maximum Gasteiger partial charge on any atom is 0.258 e. The van der Waals surface area contributed by atoms with Crippen LogP contribution in [0.1, 0.15) is 17.3 Å². The molecule has 2 aromatic heterocycles. The SMILES string of the molecule is Cc1noc2ncc(NC(=O)C(c3ccc(Cl)cc3Cl)N3CCOCC3)cc12. The van der Waals surface area contributed by atoms with Crippen LogP contribution >= 0.6 is 23.2 Å². The lowest BCUT2D eigenvalue weighted by molar-refractivity contribution is -0.123. The number of hydrogen-bond acceptors (Lipinski definition) is 6. The number of carbonyl (C=O) groups is 1. The van der Waals surface area contributed by atoms with Crippen molar-refractivity contribution in [1.29, 1.82) is 0 Å². The van der Waals surface area contributed by atoms with E-state index in [0.29, 0.717) is 59.0 Å². The molecule has 1 saturated heterocycles. The molecule has 1 amide bonds. The fourth-order valence-corrected chi connectivity index (χ4v) is 3.80. The Morgan fingerprint density at radius 1 is 1.25 bits per heavy atom. The molecule has 1 unspecified atom stereocenters. The summed E-state index contributed by atoms with van der Waals surface area (Å²) in [5.74, 6) is -0.207. The number of aryl methyl sites for hydroxylation is 1. The zero-order valence-corrected chi connectivity index (χ0v) is 16.6. The first-order chi connectivity index (χ1) is 13.5. The maximum atomic E-state index is 13.3. The van der Waals surface area contributed by atoms with E-state index in [9.17, 15) is 4.79 Å². The molecule has 3 aromatic rings. The first-order valence-electron chi connectivity index (χ1n) is 8.82. The molecule has 0 aliphatic carbocycles. The van der Waals surface area contributed by atoms with Gasteiger partial charge in [0.05, 0.1) is 36.2 Å². The number of amides is 1. The number of nitrogens with one attached hydrogen (secondary N) is 1. The van der Waals surface area contributed by atoms with Crippen molar-refractivity contribution in [2.75, 3.05) is 31.6 Å². The predicted molar refractivity (Wildman–Crippen MR) is 107 cm³/mol. The number of morpholine rings is 1. The summed E-state index contributed by atoms with van der Waals surface area (Å²) in [6.45, 7) is 4.19. The summed E-state index contributed by atoms with van der Waals surface area (Å²) >= 11 is 12.5. The van der Waals surface area contributed by atoms with Crippen molar-refractivity contribution in [1.82, 2.24) is 15.0 Å². The fourth-order valence-electron chi connectivity index (χ4n) is 3.29. The molecule has 28 heavy (non-hydrogen) atoms. The largest absolute Gasteiger partial charge is 0.379 e. The number of benzene rings is 1. The Balaban J connectivity index is 1.66. The third-order valence-corrected chi connectivity index (χ3v) is 5.26. The van der Waals surface area contributed by atoms with Crippen molar-refractivity contribution in [3.8, 4) is 0 Å². The number of hydrogen-bond donors (Lipinski definition) is 1. The van der Waals surface area contributed by atoms with Crippen LogP contribution in [0.4, 0.5) is 5.69 Å². The van der Waals surface area contributed by atoms with E-state index in [-0.39, 0.29) is 5.91 Å². The van der Waals surface area contributed by atoms with E-state index >= 15 is 0 Å².